The first-order valence-electron chi connectivity index (χ1n) is 6.94. The highest BCUT2D eigenvalue weighted by atomic mass is 16.4. The van der Waals surface area contributed by atoms with E-state index in [9.17, 15) is 14.4 Å². The van der Waals surface area contributed by atoms with Gasteiger partial charge in [0.05, 0.1) is 25.2 Å². The third-order valence-electron chi connectivity index (χ3n) is 2.18. The Kier molecular flexibility index (Phi) is 20.4. The number of rotatable bonds is 6. The van der Waals surface area contributed by atoms with Gasteiger partial charge in [0.2, 0.25) is 0 Å². The summed E-state index contributed by atoms with van der Waals surface area (Å²) in [7, 11) is 0. The van der Waals surface area contributed by atoms with Gasteiger partial charge in [-0.1, -0.05) is 27.0 Å². The van der Waals surface area contributed by atoms with E-state index in [1.807, 2.05) is 0 Å². The lowest BCUT2D eigenvalue weighted by molar-refractivity contribution is -0.149. The molecule has 0 aliphatic heterocycles. The van der Waals surface area contributed by atoms with Gasteiger partial charge in [0, 0.05) is 17.6 Å². The maximum absolute atomic E-state index is 10.1. The Morgan fingerprint density at radius 2 is 1.00 bits per heavy atom. The van der Waals surface area contributed by atoms with Crippen LogP contribution in [0.25, 0.3) is 0 Å². The predicted molar refractivity (Wildman–Crippen MR) is 92.1 cm³/mol. The Balaban J connectivity index is -0.000000120. The Morgan fingerprint density at radius 3 is 1.00 bits per heavy atom. The van der Waals surface area contributed by atoms with Crippen molar-refractivity contribution < 1.29 is 45.0 Å². The summed E-state index contributed by atoms with van der Waals surface area (Å²) in [5.41, 5.74) is -1.29. The maximum atomic E-state index is 10.1. The zero-order valence-corrected chi connectivity index (χ0v) is 15.1. The summed E-state index contributed by atoms with van der Waals surface area (Å²) < 4.78 is 0. The normalized spacial score (nSPS) is 9.56. The highest BCUT2D eigenvalue weighted by molar-refractivity contribution is 5.79. The summed E-state index contributed by atoms with van der Waals surface area (Å²) in [5.74, 6) is -2.94. The molecule has 0 saturated heterocycles. The van der Waals surface area contributed by atoms with Crippen LogP contribution in [0.1, 0.15) is 27.7 Å². The van der Waals surface area contributed by atoms with E-state index in [0.29, 0.717) is 0 Å². The molecule has 0 amide bonds. The molecule has 0 saturated carbocycles. The van der Waals surface area contributed by atoms with Crippen molar-refractivity contribution >= 4 is 17.9 Å². The fourth-order valence-corrected chi connectivity index (χ4v) is 0.118. The summed E-state index contributed by atoms with van der Waals surface area (Å²) in [6.07, 6.45) is 1.67. The molecule has 0 spiro atoms. The molecule has 25 heavy (non-hydrogen) atoms. The van der Waals surface area contributed by atoms with E-state index in [4.69, 9.17) is 30.6 Å². The number of hydrogen-bond donors (Lipinski definition) is 6. The number of carboxylic acids is 3. The summed E-state index contributed by atoms with van der Waals surface area (Å²) in [5, 5.41) is 48.7. The minimum Gasteiger partial charge on any atom is -0.481 e. The zero-order chi connectivity index (χ0) is 21.3. The van der Waals surface area contributed by atoms with Gasteiger partial charge in [0.15, 0.2) is 0 Å². The van der Waals surface area contributed by atoms with Crippen LogP contribution in [0.5, 0.6) is 0 Å². The van der Waals surface area contributed by atoms with Gasteiger partial charge < -0.3 is 30.6 Å². The Labute approximate surface area is 147 Å². The van der Waals surface area contributed by atoms with Crippen LogP contribution in [-0.2, 0) is 14.4 Å². The molecule has 0 aromatic heterocycles. The van der Waals surface area contributed by atoms with Crippen LogP contribution in [0.15, 0.2) is 25.3 Å². The van der Waals surface area contributed by atoms with Crippen LogP contribution in [-0.4, -0.2) is 68.4 Å². The van der Waals surface area contributed by atoms with Crippen molar-refractivity contribution in [3.63, 3.8) is 0 Å². The second-order valence-electron chi connectivity index (χ2n) is 5.91. The monoisotopic (exact) mass is 366 g/mol. The molecule has 0 unspecified atom stereocenters. The molecule has 0 aliphatic carbocycles. The Morgan fingerprint density at radius 1 is 0.760 bits per heavy atom. The standard InChI is InChI=1S/C5H10O3.C5H12O2.2C3H4O2/c1-5(2,3-6)4(7)8;1-5(2,3-6)4-7;2*1-2-3(4)5/h6H,3H2,1-2H3,(H,7,8);6-7H,3-4H2,1-2H3;2*2H,1H2,(H,4,5). The van der Waals surface area contributed by atoms with Gasteiger partial charge in [-0.25, -0.2) is 9.59 Å². The average molecular weight is 366 g/mol. The lowest BCUT2D eigenvalue weighted by Gasteiger charge is -2.16. The molecule has 0 rings (SSSR count). The largest absolute Gasteiger partial charge is 0.481 e. The van der Waals surface area contributed by atoms with E-state index in [-0.39, 0.29) is 25.2 Å². The summed E-state index contributed by atoms with van der Waals surface area (Å²) >= 11 is 0. The highest BCUT2D eigenvalue weighted by Gasteiger charge is 2.25. The molecular weight excluding hydrogens is 336 g/mol. The van der Waals surface area contributed by atoms with Crippen LogP contribution in [0.4, 0.5) is 0 Å². The third-order valence-corrected chi connectivity index (χ3v) is 2.18. The minimum absolute atomic E-state index is 0.0451. The molecule has 0 atom stereocenters. The van der Waals surface area contributed by atoms with Gasteiger partial charge in [0.1, 0.15) is 0 Å². The van der Waals surface area contributed by atoms with Crippen molar-refractivity contribution in [3.8, 4) is 0 Å². The van der Waals surface area contributed by atoms with Gasteiger partial charge >= 0.3 is 17.9 Å². The van der Waals surface area contributed by atoms with Crippen molar-refractivity contribution in [3.05, 3.63) is 25.3 Å². The summed E-state index contributed by atoms with van der Waals surface area (Å²) in [6.45, 7) is 12.2. The van der Waals surface area contributed by atoms with Crippen LogP contribution in [0, 0.1) is 10.8 Å². The molecule has 0 bridgehead atoms. The van der Waals surface area contributed by atoms with Crippen LogP contribution >= 0.6 is 0 Å². The number of aliphatic hydroxyl groups is 3. The third kappa shape index (κ3) is 30.3. The molecule has 6 N–H and O–H groups in total. The van der Waals surface area contributed by atoms with E-state index < -0.39 is 23.3 Å². The fraction of sp³-hybridized carbons (Fsp3) is 0.562. The number of aliphatic hydroxyl groups excluding tert-OH is 3. The molecule has 0 aliphatic rings. The van der Waals surface area contributed by atoms with Gasteiger partial charge in [-0.15, -0.1) is 0 Å². The lowest BCUT2D eigenvalue weighted by atomic mass is 9.96. The SMILES string of the molecule is C=CC(=O)O.C=CC(=O)O.CC(C)(CO)C(=O)O.CC(C)(CO)CO. The number of carboxylic acid groups (broad SMARTS) is 3. The van der Waals surface area contributed by atoms with Crippen molar-refractivity contribution in [1.82, 2.24) is 0 Å². The van der Waals surface area contributed by atoms with Gasteiger partial charge in [0.25, 0.3) is 0 Å². The van der Waals surface area contributed by atoms with Gasteiger partial charge in [-0.3, -0.25) is 4.79 Å². The number of aliphatic carboxylic acids is 3. The second-order valence-corrected chi connectivity index (χ2v) is 5.91. The number of hydrogen-bond acceptors (Lipinski definition) is 6. The van der Waals surface area contributed by atoms with E-state index in [2.05, 4.69) is 13.2 Å². The van der Waals surface area contributed by atoms with Crippen molar-refractivity contribution in [2.45, 2.75) is 27.7 Å². The van der Waals surface area contributed by atoms with Crippen molar-refractivity contribution in [1.29, 1.82) is 0 Å². The van der Waals surface area contributed by atoms with E-state index >= 15 is 0 Å². The zero-order valence-electron chi connectivity index (χ0n) is 15.1. The fourth-order valence-electron chi connectivity index (χ4n) is 0.118. The maximum Gasteiger partial charge on any atom is 0.327 e. The first-order valence-corrected chi connectivity index (χ1v) is 6.94. The molecule has 0 aromatic carbocycles. The van der Waals surface area contributed by atoms with Gasteiger partial charge in [-0.2, -0.15) is 0 Å². The van der Waals surface area contributed by atoms with Crippen LogP contribution in [0.3, 0.4) is 0 Å². The van der Waals surface area contributed by atoms with E-state index in [0.717, 1.165) is 12.2 Å². The molecule has 9 heteroatoms. The average Bonchev–Trinajstić information content (AvgIpc) is 2.56. The summed E-state index contributed by atoms with van der Waals surface area (Å²) in [4.78, 5) is 28.6. The Hall–Kier alpha value is -2.23. The van der Waals surface area contributed by atoms with E-state index in [1.54, 1.807) is 13.8 Å². The quantitative estimate of drug-likeness (QED) is 0.368. The molecule has 0 fully saturated rings. The highest BCUT2D eigenvalue weighted by Crippen LogP contribution is 2.12. The lowest BCUT2D eigenvalue weighted by Crippen LogP contribution is -2.27. The minimum atomic E-state index is -0.986. The number of carbonyl (C=O) groups is 3. The first kappa shape index (κ1) is 30.6. The molecule has 0 heterocycles. The summed E-state index contributed by atoms with van der Waals surface area (Å²) in [6, 6.07) is 0. The molecule has 0 radical (unpaired) electrons. The first-order chi connectivity index (χ1) is 11.2. The predicted octanol–water partition coefficient (Wildman–Crippen LogP) is 0.601. The van der Waals surface area contributed by atoms with Crippen molar-refractivity contribution in [2.75, 3.05) is 19.8 Å². The Bertz CT molecular complexity index is 388. The topological polar surface area (TPSA) is 173 Å². The molecule has 0 aromatic rings. The smallest absolute Gasteiger partial charge is 0.327 e. The van der Waals surface area contributed by atoms with Crippen molar-refractivity contribution in [2.24, 2.45) is 10.8 Å². The van der Waals surface area contributed by atoms with Gasteiger partial charge in [-0.05, 0) is 13.8 Å². The van der Waals surface area contributed by atoms with E-state index in [1.165, 1.54) is 13.8 Å². The second kappa shape index (κ2) is 16.6. The van der Waals surface area contributed by atoms with Crippen LogP contribution in [0.2, 0.25) is 0 Å². The molecule has 148 valence electrons. The van der Waals surface area contributed by atoms with Crippen LogP contribution < -0.4 is 0 Å². The molecular formula is C16H30O9. The molecule has 9 nitrogen and oxygen atoms in total.